The van der Waals surface area contributed by atoms with Crippen molar-refractivity contribution in [2.45, 2.75) is 12.6 Å². The molecule has 0 aliphatic heterocycles. The first-order chi connectivity index (χ1) is 7.29. The minimum absolute atomic E-state index is 0.0294. The lowest BCUT2D eigenvalue weighted by Crippen LogP contribution is -2.25. The van der Waals surface area contributed by atoms with Gasteiger partial charge >= 0.3 is 6.18 Å². The van der Waals surface area contributed by atoms with Crippen molar-refractivity contribution in [3.8, 4) is 0 Å². The Balaban J connectivity index is 2.73. The maximum Gasteiger partial charge on any atom is 0.390 e. The van der Waals surface area contributed by atoms with Crippen LogP contribution in [-0.4, -0.2) is 29.7 Å². The van der Waals surface area contributed by atoms with Gasteiger partial charge in [-0.3, -0.25) is 0 Å². The topological polar surface area (TPSA) is 55.0 Å². The molecule has 90 valence electrons. The molecule has 0 spiro atoms. The minimum atomic E-state index is -4.21. The van der Waals surface area contributed by atoms with Gasteiger partial charge in [0.05, 0.1) is 12.6 Å². The summed E-state index contributed by atoms with van der Waals surface area (Å²) in [5.74, 6) is 0.164. The van der Waals surface area contributed by atoms with E-state index in [1.165, 1.54) is 18.1 Å². The quantitative estimate of drug-likeness (QED) is 0.898. The molecule has 0 radical (unpaired) electrons. The van der Waals surface area contributed by atoms with Crippen LogP contribution in [0.2, 0.25) is 5.02 Å². The Morgan fingerprint density at radius 1 is 1.50 bits per heavy atom. The van der Waals surface area contributed by atoms with Gasteiger partial charge in [0.1, 0.15) is 5.02 Å². The second-order valence-electron chi connectivity index (χ2n) is 3.19. The smallest absolute Gasteiger partial charge is 0.368 e. The van der Waals surface area contributed by atoms with Gasteiger partial charge in [0.15, 0.2) is 5.82 Å². The number of anilines is 2. The van der Waals surface area contributed by atoms with Crippen LogP contribution in [0.15, 0.2) is 6.20 Å². The van der Waals surface area contributed by atoms with Crippen molar-refractivity contribution in [3.05, 3.63) is 11.2 Å². The third-order valence-corrected chi connectivity index (χ3v) is 2.10. The predicted octanol–water partition coefficient (Wildman–Crippen LogP) is 2.10. The molecular formula is C8H10ClF3N4. The summed E-state index contributed by atoms with van der Waals surface area (Å²) in [7, 11) is 1.46. The number of nitrogens with zero attached hydrogens (tertiary/aromatic N) is 3. The molecule has 0 aliphatic rings. The number of hydrogen-bond donors (Lipinski definition) is 1. The molecule has 0 aliphatic carbocycles. The lowest BCUT2D eigenvalue weighted by Gasteiger charge is -2.19. The fourth-order valence-electron chi connectivity index (χ4n) is 1.04. The minimum Gasteiger partial charge on any atom is -0.368 e. The number of hydrogen-bond acceptors (Lipinski definition) is 4. The molecule has 1 rings (SSSR count). The van der Waals surface area contributed by atoms with E-state index in [-0.39, 0.29) is 23.3 Å². The van der Waals surface area contributed by atoms with Gasteiger partial charge in [-0.15, -0.1) is 0 Å². The molecular weight excluding hydrogens is 245 g/mol. The molecule has 0 bridgehead atoms. The molecule has 1 aromatic rings. The van der Waals surface area contributed by atoms with E-state index in [0.717, 1.165) is 0 Å². The molecule has 0 atom stereocenters. The van der Waals surface area contributed by atoms with Crippen molar-refractivity contribution in [1.29, 1.82) is 0 Å². The third kappa shape index (κ3) is 3.73. The molecule has 0 saturated heterocycles. The number of halogens is 4. The van der Waals surface area contributed by atoms with Gasteiger partial charge in [-0.05, 0) is 0 Å². The van der Waals surface area contributed by atoms with Gasteiger partial charge in [-0.1, -0.05) is 11.6 Å². The van der Waals surface area contributed by atoms with Crippen molar-refractivity contribution in [1.82, 2.24) is 9.97 Å². The van der Waals surface area contributed by atoms with Crippen LogP contribution in [0.3, 0.4) is 0 Å². The summed E-state index contributed by atoms with van der Waals surface area (Å²) in [6, 6.07) is 0. The lowest BCUT2D eigenvalue weighted by molar-refractivity contribution is -0.132. The van der Waals surface area contributed by atoms with Crippen LogP contribution >= 0.6 is 11.6 Å². The highest BCUT2D eigenvalue weighted by Crippen LogP contribution is 2.25. The zero-order valence-electron chi connectivity index (χ0n) is 8.42. The fourth-order valence-corrected chi connectivity index (χ4v) is 1.27. The molecule has 0 fully saturated rings. The molecule has 2 N–H and O–H groups in total. The Hall–Kier alpha value is -1.24. The van der Waals surface area contributed by atoms with Crippen molar-refractivity contribution in [2.75, 3.05) is 24.2 Å². The highest BCUT2D eigenvalue weighted by molar-refractivity contribution is 6.32. The summed E-state index contributed by atoms with van der Waals surface area (Å²) in [6.07, 6.45) is -3.90. The number of nitrogen functional groups attached to an aromatic ring is 1. The molecule has 4 nitrogen and oxygen atoms in total. The zero-order chi connectivity index (χ0) is 12.3. The second kappa shape index (κ2) is 4.73. The Bertz CT molecular complexity index is 369. The molecule has 16 heavy (non-hydrogen) atoms. The van der Waals surface area contributed by atoms with Gasteiger partial charge in [0, 0.05) is 13.6 Å². The fraction of sp³-hybridized carbons (Fsp3) is 0.500. The van der Waals surface area contributed by atoms with Crippen molar-refractivity contribution in [2.24, 2.45) is 0 Å². The van der Waals surface area contributed by atoms with Crippen LogP contribution in [0.5, 0.6) is 0 Å². The van der Waals surface area contributed by atoms with Crippen molar-refractivity contribution < 1.29 is 13.2 Å². The van der Waals surface area contributed by atoms with Gasteiger partial charge in [-0.2, -0.15) is 18.2 Å². The Morgan fingerprint density at radius 3 is 2.69 bits per heavy atom. The molecule has 8 heteroatoms. The molecule has 0 aromatic carbocycles. The summed E-state index contributed by atoms with van der Waals surface area (Å²) < 4.78 is 36.0. The summed E-state index contributed by atoms with van der Waals surface area (Å²) >= 11 is 5.74. The van der Waals surface area contributed by atoms with Crippen molar-refractivity contribution >= 4 is 23.4 Å². The molecule has 0 unspecified atom stereocenters. The normalized spacial score (nSPS) is 11.6. The van der Waals surface area contributed by atoms with Crippen LogP contribution in [0.25, 0.3) is 0 Å². The van der Waals surface area contributed by atoms with E-state index >= 15 is 0 Å². The van der Waals surface area contributed by atoms with Crippen LogP contribution in [0, 0.1) is 0 Å². The van der Waals surface area contributed by atoms with Gasteiger partial charge in [0.25, 0.3) is 0 Å². The van der Waals surface area contributed by atoms with E-state index in [4.69, 9.17) is 17.3 Å². The van der Waals surface area contributed by atoms with E-state index in [2.05, 4.69) is 9.97 Å². The maximum absolute atomic E-state index is 12.0. The van der Waals surface area contributed by atoms with E-state index < -0.39 is 12.6 Å². The van der Waals surface area contributed by atoms with E-state index in [1.807, 2.05) is 0 Å². The summed E-state index contributed by atoms with van der Waals surface area (Å²) in [4.78, 5) is 8.67. The van der Waals surface area contributed by atoms with E-state index in [9.17, 15) is 13.2 Å². The standard InChI is InChI=1S/C8H10ClF3N4/c1-16(3-2-8(10,11)12)6-5(9)4-14-7(13)15-6/h4H,2-3H2,1H3,(H2,13,14,15). The predicted molar refractivity (Wildman–Crippen MR) is 55.4 cm³/mol. The molecule has 1 aromatic heterocycles. The third-order valence-electron chi connectivity index (χ3n) is 1.84. The molecule has 0 saturated carbocycles. The molecule has 0 amide bonds. The summed E-state index contributed by atoms with van der Waals surface area (Å²) in [5, 5.41) is 0.166. The average molecular weight is 255 g/mol. The molecule has 1 heterocycles. The van der Waals surface area contributed by atoms with Crippen LogP contribution in [0.4, 0.5) is 24.9 Å². The first-order valence-electron chi connectivity index (χ1n) is 4.35. The van der Waals surface area contributed by atoms with E-state index in [1.54, 1.807) is 0 Å². The highest BCUT2D eigenvalue weighted by Gasteiger charge is 2.27. The second-order valence-corrected chi connectivity index (χ2v) is 3.59. The Kier molecular flexibility index (Phi) is 3.79. The first-order valence-corrected chi connectivity index (χ1v) is 4.73. The highest BCUT2D eigenvalue weighted by atomic mass is 35.5. The summed E-state index contributed by atoms with van der Waals surface area (Å²) in [6.45, 7) is -0.236. The number of rotatable bonds is 3. The van der Waals surface area contributed by atoms with Crippen LogP contribution in [-0.2, 0) is 0 Å². The SMILES string of the molecule is CN(CCC(F)(F)F)c1nc(N)ncc1Cl. The van der Waals surface area contributed by atoms with Gasteiger partial charge < -0.3 is 10.6 Å². The number of aromatic nitrogens is 2. The number of alkyl halides is 3. The van der Waals surface area contributed by atoms with E-state index in [0.29, 0.717) is 0 Å². The largest absolute Gasteiger partial charge is 0.390 e. The Labute approximate surface area is 95.2 Å². The monoisotopic (exact) mass is 254 g/mol. The first kappa shape index (κ1) is 12.8. The maximum atomic E-state index is 12.0. The number of nitrogens with two attached hydrogens (primary N) is 1. The lowest BCUT2D eigenvalue weighted by atomic mass is 10.4. The summed E-state index contributed by atoms with van der Waals surface area (Å²) in [5.41, 5.74) is 5.32. The average Bonchev–Trinajstić information content (AvgIpc) is 2.17. The van der Waals surface area contributed by atoms with Crippen LogP contribution in [0.1, 0.15) is 6.42 Å². The zero-order valence-corrected chi connectivity index (χ0v) is 9.18. The van der Waals surface area contributed by atoms with Gasteiger partial charge in [-0.25, -0.2) is 4.98 Å². The van der Waals surface area contributed by atoms with Gasteiger partial charge in [0.2, 0.25) is 5.95 Å². The van der Waals surface area contributed by atoms with Crippen LogP contribution < -0.4 is 10.6 Å². The Morgan fingerprint density at radius 2 is 2.12 bits per heavy atom. The van der Waals surface area contributed by atoms with Crippen molar-refractivity contribution in [3.63, 3.8) is 0 Å².